The number of hydrogen-bond donors (Lipinski definition) is 1. The predicted octanol–water partition coefficient (Wildman–Crippen LogP) is 3.53. The molecule has 0 aliphatic carbocycles. The van der Waals surface area contributed by atoms with Crippen LogP contribution in [0.2, 0.25) is 0 Å². The first kappa shape index (κ1) is 20.9. The van der Waals surface area contributed by atoms with E-state index in [4.69, 9.17) is 4.74 Å². The molecule has 3 rings (SSSR count). The fourth-order valence-corrected chi connectivity index (χ4v) is 3.92. The molecule has 29 heavy (non-hydrogen) atoms. The van der Waals surface area contributed by atoms with Crippen molar-refractivity contribution in [3.63, 3.8) is 0 Å². The van der Waals surface area contributed by atoms with E-state index < -0.39 is 10.8 Å². The Morgan fingerprint density at radius 3 is 2.83 bits per heavy atom. The maximum Gasteiger partial charge on any atom is 0.324 e. The summed E-state index contributed by atoms with van der Waals surface area (Å²) in [5.74, 6) is -0.740. The van der Waals surface area contributed by atoms with Gasteiger partial charge >= 0.3 is 5.00 Å². The lowest BCUT2D eigenvalue weighted by molar-refractivity contribution is -0.380. The van der Waals surface area contributed by atoms with Crippen molar-refractivity contribution in [1.82, 2.24) is 4.90 Å². The van der Waals surface area contributed by atoms with Crippen molar-refractivity contribution in [3.8, 4) is 0 Å². The average molecular weight is 417 g/mol. The standard InChI is InChI=1S/C20H23N3O5S/c1-13-5-3-7-17(14(13)2)21-18(24)11-22(10-16-6-4-8-28-16)20(25)15-9-19(23(26)27)29-12-15/h3,5,7,9,12,16H,4,6,8,10-11H2,1-2H3,(H,21,24)/t16-/m0/s1. The van der Waals surface area contributed by atoms with Crippen LogP contribution in [0.5, 0.6) is 0 Å². The van der Waals surface area contributed by atoms with Crippen LogP contribution in [0.15, 0.2) is 29.6 Å². The van der Waals surface area contributed by atoms with E-state index >= 15 is 0 Å². The Bertz CT molecular complexity index is 921. The minimum atomic E-state index is -0.529. The highest BCUT2D eigenvalue weighted by Gasteiger charge is 2.27. The van der Waals surface area contributed by atoms with Crippen LogP contribution < -0.4 is 5.32 Å². The Morgan fingerprint density at radius 1 is 1.38 bits per heavy atom. The zero-order valence-corrected chi connectivity index (χ0v) is 17.2. The summed E-state index contributed by atoms with van der Waals surface area (Å²) in [5.41, 5.74) is 2.93. The molecule has 0 spiro atoms. The van der Waals surface area contributed by atoms with Gasteiger partial charge in [0.05, 0.1) is 16.6 Å². The molecule has 0 radical (unpaired) electrons. The summed E-state index contributed by atoms with van der Waals surface area (Å²) >= 11 is 0.893. The van der Waals surface area contributed by atoms with Crippen LogP contribution in [0.3, 0.4) is 0 Å². The molecule has 2 heterocycles. The highest BCUT2D eigenvalue weighted by Crippen LogP contribution is 2.24. The van der Waals surface area contributed by atoms with Crippen molar-refractivity contribution in [2.75, 3.05) is 25.0 Å². The van der Waals surface area contributed by atoms with E-state index in [0.717, 1.165) is 35.3 Å². The summed E-state index contributed by atoms with van der Waals surface area (Å²) in [6.07, 6.45) is 1.58. The van der Waals surface area contributed by atoms with Gasteiger partial charge in [-0.3, -0.25) is 19.7 Å². The van der Waals surface area contributed by atoms with Crippen LogP contribution in [-0.4, -0.2) is 47.4 Å². The van der Waals surface area contributed by atoms with E-state index in [2.05, 4.69) is 5.32 Å². The molecule has 2 aromatic rings. The molecule has 1 aromatic carbocycles. The second kappa shape index (κ2) is 9.15. The molecule has 1 saturated heterocycles. The zero-order chi connectivity index (χ0) is 21.0. The van der Waals surface area contributed by atoms with E-state index in [0.29, 0.717) is 12.3 Å². The molecule has 1 aromatic heterocycles. The molecular weight excluding hydrogens is 394 g/mol. The topological polar surface area (TPSA) is 102 Å². The minimum Gasteiger partial charge on any atom is -0.376 e. The summed E-state index contributed by atoms with van der Waals surface area (Å²) in [6, 6.07) is 6.88. The summed E-state index contributed by atoms with van der Waals surface area (Å²) in [5, 5.41) is 15.1. The molecule has 0 unspecified atom stereocenters. The number of nitrogens with one attached hydrogen (secondary N) is 1. The summed E-state index contributed by atoms with van der Waals surface area (Å²) < 4.78 is 5.62. The summed E-state index contributed by atoms with van der Waals surface area (Å²) in [4.78, 5) is 37.4. The van der Waals surface area contributed by atoms with Gasteiger partial charge in [-0.2, -0.15) is 0 Å². The highest BCUT2D eigenvalue weighted by molar-refractivity contribution is 7.13. The molecule has 1 fully saturated rings. The number of anilines is 1. The first-order chi connectivity index (χ1) is 13.8. The van der Waals surface area contributed by atoms with Gasteiger partial charge in [0, 0.05) is 30.3 Å². The molecule has 1 N–H and O–H groups in total. The normalized spacial score (nSPS) is 15.9. The highest BCUT2D eigenvalue weighted by atomic mass is 32.1. The molecular formula is C20H23N3O5S. The van der Waals surface area contributed by atoms with Crippen LogP contribution >= 0.6 is 11.3 Å². The van der Waals surface area contributed by atoms with Gasteiger partial charge < -0.3 is 15.0 Å². The Kier molecular flexibility index (Phi) is 6.60. The SMILES string of the molecule is Cc1cccc(NC(=O)CN(C[C@@H]2CCCO2)C(=O)c2csc([N+](=O)[O-])c2)c1C. The lowest BCUT2D eigenvalue weighted by Crippen LogP contribution is -2.42. The number of thiophene rings is 1. The van der Waals surface area contributed by atoms with Crippen LogP contribution in [0.4, 0.5) is 10.7 Å². The van der Waals surface area contributed by atoms with Crippen molar-refractivity contribution in [2.24, 2.45) is 0 Å². The Morgan fingerprint density at radius 2 is 2.17 bits per heavy atom. The van der Waals surface area contributed by atoms with Crippen molar-refractivity contribution < 1.29 is 19.2 Å². The van der Waals surface area contributed by atoms with E-state index in [1.807, 2.05) is 32.0 Å². The van der Waals surface area contributed by atoms with Crippen LogP contribution in [0, 0.1) is 24.0 Å². The number of hydrogen-bond acceptors (Lipinski definition) is 6. The second-order valence-electron chi connectivity index (χ2n) is 7.05. The fourth-order valence-electron chi connectivity index (χ4n) is 3.22. The maximum absolute atomic E-state index is 13.0. The first-order valence-corrected chi connectivity index (χ1v) is 10.2. The van der Waals surface area contributed by atoms with Crippen molar-refractivity contribution in [2.45, 2.75) is 32.8 Å². The van der Waals surface area contributed by atoms with Crippen molar-refractivity contribution >= 4 is 33.8 Å². The number of carbonyl (C=O) groups is 2. The number of benzene rings is 1. The smallest absolute Gasteiger partial charge is 0.324 e. The Hall–Kier alpha value is -2.78. The van der Waals surface area contributed by atoms with Crippen LogP contribution in [0.25, 0.3) is 0 Å². The lowest BCUT2D eigenvalue weighted by atomic mass is 10.1. The number of nitrogens with zero attached hydrogens (tertiary/aromatic N) is 2. The maximum atomic E-state index is 13.0. The number of nitro groups is 1. The van der Waals surface area contributed by atoms with Gasteiger partial charge in [0.2, 0.25) is 5.91 Å². The molecule has 1 aliphatic rings. The van der Waals surface area contributed by atoms with Crippen LogP contribution in [0.1, 0.15) is 34.3 Å². The van der Waals surface area contributed by atoms with Gasteiger partial charge in [-0.1, -0.05) is 23.5 Å². The van der Waals surface area contributed by atoms with Gasteiger partial charge in [0.1, 0.15) is 6.54 Å². The molecule has 0 saturated carbocycles. The monoisotopic (exact) mass is 417 g/mol. The predicted molar refractivity (Wildman–Crippen MR) is 110 cm³/mol. The van der Waals surface area contributed by atoms with E-state index in [9.17, 15) is 19.7 Å². The second-order valence-corrected chi connectivity index (χ2v) is 7.94. The molecule has 8 nitrogen and oxygen atoms in total. The largest absolute Gasteiger partial charge is 0.376 e. The third kappa shape index (κ3) is 5.18. The summed E-state index contributed by atoms with van der Waals surface area (Å²) in [6.45, 7) is 4.62. The molecule has 2 amide bonds. The van der Waals surface area contributed by atoms with Gasteiger partial charge in [0.15, 0.2) is 0 Å². The van der Waals surface area contributed by atoms with E-state index in [1.54, 1.807) is 0 Å². The quantitative estimate of drug-likeness (QED) is 0.548. The first-order valence-electron chi connectivity index (χ1n) is 9.35. The van der Waals surface area contributed by atoms with Gasteiger partial charge in [0.25, 0.3) is 5.91 Å². The third-order valence-corrected chi connectivity index (χ3v) is 5.84. The number of rotatable bonds is 7. The molecule has 1 atom stereocenters. The van der Waals surface area contributed by atoms with Gasteiger partial charge in [-0.05, 0) is 43.9 Å². The van der Waals surface area contributed by atoms with Gasteiger partial charge in [-0.15, -0.1) is 0 Å². The lowest BCUT2D eigenvalue weighted by Gasteiger charge is -2.25. The van der Waals surface area contributed by atoms with E-state index in [-0.39, 0.29) is 35.7 Å². The van der Waals surface area contributed by atoms with Crippen molar-refractivity contribution in [3.05, 3.63) is 56.5 Å². The number of aryl methyl sites for hydroxylation is 1. The molecule has 9 heteroatoms. The Balaban J connectivity index is 1.75. The average Bonchev–Trinajstić information content (AvgIpc) is 3.36. The zero-order valence-electron chi connectivity index (χ0n) is 16.3. The fraction of sp³-hybridized carbons (Fsp3) is 0.400. The number of amides is 2. The third-order valence-electron chi connectivity index (χ3n) is 4.96. The molecule has 1 aliphatic heterocycles. The number of carbonyl (C=O) groups excluding carboxylic acids is 2. The molecule has 154 valence electrons. The van der Waals surface area contributed by atoms with Crippen molar-refractivity contribution in [1.29, 1.82) is 0 Å². The summed E-state index contributed by atoms with van der Waals surface area (Å²) in [7, 11) is 0. The van der Waals surface area contributed by atoms with Gasteiger partial charge in [-0.25, -0.2) is 0 Å². The van der Waals surface area contributed by atoms with Crippen LogP contribution in [-0.2, 0) is 9.53 Å². The Labute approximate surface area is 172 Å². The van der Waals surface area contributed by atoms with E-state index in [1.165, 1.54) is 16.3 Å². The minimum absolute atomic E-state index is 0.106. The number of ether oxygens (including phenoxy) is 1. The molecule has 0 bridgehead atoms.